The fraction of sp³-hybridized carbons (Fsp3) is 0.400. The number of benzene rings is 1. The van der Waals surface area contributed by atoms with Gasteiger partial charge in [-0.2, -0.15) is 17.7 Å². The Bertz CT molecular complexity index is 968. The molecule has 9 heteroatoms. The molecule has 154 valence electrons. The monoisotopic (exact) mass is 424 g/mol. The summed E-state index contributed by atoms with van der Waals surface area (Å²) in [5, 5.41) is 16.3. The molecule has 29 heavy (non-hydrogen) atoms. The zero-order valence-electron chi connectivity index (χ0n) is 15.9. The Hall–Kier alpha value is -2.42. The van der Waals surface area contributed by atoms with Gasteiger partial charge in [0.25, 0.3) is 0 Å². The molecule has 1 amide bonds. The Morgan fingerprint density at radius 3 is 2.86 bits per heavy atom. The van der Waals surface area contributed by atoms with Crippen LogP contribution < -0.4 is 10.6 Å². The van der Waals surface area contributed by atoms with Crippen molar-refractivity contribution in [2.45, 2.75) is 31.4 Å². The van der Waals surface area contributed by atoms with E-state index in [-0.39, 0.29) is 23.7 Å². The van der Waals surface area contributed by atoms with Crippen LogP contribution in [0, 0.1) is 12.8 Å². The zero-order chi connectivity index (χ0) is 20.9. The van der Waals surface area contributed by atoms with Gasteiger partial charge in [-0.15, -0.1) is 0 Å². The molecule has 0 saturated carbocycles. The maximum absolute atomic E-state index is 12.5. The maximum Gasteiger partial charge on any atom is 0.471 e. The number of hydrogen-bond acceptors (Lipinski definition) is 3. The summed E-state index contributed by atoms with van der Waals surface area (Å²) in [6, 6.07) is 7.44. The highest BCUT2D eigenvalue weighted by atomic mass is 32.2. The molecule has 0 spiro atoms. The second-order valence-corrected chi connectivity index (χ2v) is 8.80. The first-order valence-corrected chi connectivity index (χ1v) is 10.2. The third-order valence-electron chi connectivity index (χ3n) is 5.23. The van der Waals surface area contributed by atoms with Crippen LogP contribution in [0.4, 0.5) is 13.2 Å². The molecule has 1 aromatic carbocycles. The van der Waals surface area contributed by atoms with Crippen LogP contribution in [0.25, 0.3) is 4.91 Å². The Morgan fingerprint density at radius 1 is 1.41 bits per heavy atom. The lowest BCUT2D eigenvalue weighted by atomic mass is 10.1. The number of nitrogens with zero attached hydrogens (tertiary/aromatic N) is 1. The summed E-state index contributed by atoms with van der Waals surface area (Å²) in [7, 11) is 0. The molecule has 1 fully saturated rings. The van der Waals surface area contributed by atoms with E-state index in [1.54, 1.807) is 16.3 Å². The van der Waals surface area contributed by atoms with Crippen molar-refractivity contribution in [3.8, 4) is 0 Å². The van der Waals surface area contributed by atoms with Crippen LogP contribution in [-0.2, 0) is 4.79 Å². The molecule has 1 aromatic rings. The minimum atomic E-state index is -4.92. The van der Waals surface area contributed by atoms with Crippen molar-refractivity contribution in [2.24, 2.45) is 5.92 Å². The van der Waals surface area contributed by atoms with Crippen molar-refractivity contribution < 1.29 is 27.6 Å². The van der Waals surface area contributed by atoms with Gasteiger partial charge in [-0.1, -0.05) is 47.7 Å². The van der Waals surface area contributed by atoms with E-state index in [0.29, 0.717) is 12.2 Å². The van der Waals surface area contributed by atoms with E-state index in [1.165, 1.54) is 0 Å². The molecule has 0 radical (unpaired) electrons. The van der Waals surface area contributed by atoms with E-state index in [1.807, 2.05) is 49.5 Å². The number of thioether (sulfide) groups is 1. The lowest BCUT2D eigenvalue weighted by molar-refractivity contribution is -0.548. The molecule has 1 saturated heterocycles. The van der Waals surface area contributed by atoms with Crippen LogP contribution in [0.5, 0.6) is 0 Å². The van der Waals surface area contributed by atoms with Gasteiger partial charge in [0.05, 0.1) is 22.7 Å². The summed E-state index contributed by atoms with van der Waals surface area (Å²) in [6.07, 6.45) is -2.96. The highest BCUT2D eigenvalue weighted by molar-refractivity contribution is 8.09. The highest BCUT2D eigenvalue weighted by Gasteiger charge is 2.51. The molecule has 1 aliphatic carbocycles. The number of halogens is 3. The predicted octanol–water partition coefficient (Wildman–Crippen LogP) is 2.93. The largest absolute Gasteiger partial charge is 0.471 e. The molecule has 3 atom stereocenters. The van der Waals surface area contributed by atoms with Gasteiger partial charge in [0.15, 0.2) is 18.3 Å². The summed E-state index contributed by atoms with van der Waals surface area (Å²) in [6.45, 7) is 4.24. The van der Waals surface area contributed by atoms with Crippen LogP contribution in [-0.4, -0.2) is 52.2 Å². The number of nitrogens with one attached hydrogen (secondary N) is 2. The molecule has 5 nitrogen and oxygen atoms in total. The number of amides is 1. The lowest BCUT2D eigenvalue weighted by Crippen LogP contribution is -2.44. The number of carbonyl (C=O) groups is 1. The molecule has 1 unspecified atom stereocenters. The lowest BCUT2D eigenvalue weighted by Gasteiger charge is -2.13. The molecule has 2 heterocycles. The van der Waals surface area contributed by atoms with E-state index >= 15 is 0 Å². The maximum atomic E-state index is 12.5. The highest BCUT2D eigenvalue weighted by Crippen LogP contribution is 2.42. The molecule has 4 rings (SSSR count). The van der Waals surface area contributed by atoms with Gasteiger partial charge in [0, 0.05) is 5.57 Å². The predicted molar refractivity (Wildman–Crippen MR) is 105 cm³/mol. The van der Waals surface area contributed by atoms with E-state index in [9.17, 15) is 23.1 Å². The van der Waals surface area contributed by atoms with Gasteiger partial charge >= 0.3 is 18.0 Å². The Labute approximate surface area is 170 Å². The number of alkyl halides is 3. The van der Waals surface area contributed by atoms with Crippen LogP contribution in [0.1, 0.15) is 18.1 Å². The van der Waals surface area contributed by atoms with Crippen molar-refractivity contribution in [1.29, 1.82) is 0 Å². The standard InChI is InChI=1S/C20H20F3N3O2S/c1-10-4-3-5-12(6-10)17-16(25-11(2)29-17)18(27)26-9-13-7-14(13)15(26)8-24-19(28)20(21,22)23/h3-7,11,13,15,25H,8-9H2,1-2H3,(H,24,28)/p+1/t11?,13-,15-/m1/s1. The van der Waals surface area contributed by atoms with Crippen LogP contribution in [0.3, 0.4) is 0 Å². The summed E-state index contributed by atoms with van der Waals surface area (Å²) in [5.74, 6) is -1.83. The zero-order valence-corrected chi connectivity index (χ0v) is 16.7. The number of carbonyl (C=O) groups excluding carboxylic acids is 1. The number of aryl methyl sites for hydroxylation is 1. The van der Waals surface area contributed by atoms with Crippen molar-refractivity contribution in [2.75, 3.05) is 13.1 Å². The van der Waals surface area contributed by atoms with Crippen molar-refractivity contribution in [3.63, 3.8) is 0 Å². The Balaban J connectivity index is 1.65. The molecule has 3 N–H and O–H groups in total. The number of aliphatic hydroxyl groups is 1. The topological polar surface area (TPSA) is 64.4 Å². The first-order chi connectivity index (χ1) is 13.6. The third-order valence-corrected chi connectivity index (χ3v) is 6.37. The fourth-order valence-corrected chi connectivity index (χ4v) is 4.88. The summed E-state index contributed by atoms with van der Waals surface area (Å²) in [4.78, 5) is 12.1. The second kappa shape index (κ2) is 7.12. The Kier molecular flexibility index (Phi) is 4.88. The molecule has 0 aromatic heterocycles. The summed E-state index contributed by atoms with van der Waals surface area (Å²) >= 11 is 1.59. The normalized spacial score (nSPS) is 27.3. The van der Waals surface area contributed by atoms with Crippen LogP contribution in [0.15, 0.2) is 41.6 Å². The van der Waals surface area contributed by atoms with Gasteiger partial charge in [-0.05, 0) is 19.4 Å². The number of fused-ring (bicyclic) bond motifs is 1. The van der Waals surface area contributed by atoms with Gasteiger partial charge in [0.1, 0.15) is 0 Å². The van der Waals surface area contributed by atoms with Crippen molar-refractivity contribution >= 4 is 28.5 Å². The molecular formula is C20H21F3N3O2S+. The van der Waals surface area contributed by atoms with E-state index in [2.05, 4.69) is 5.32 Å². The first-order valence-electron chi connectivity index (χ1n) is 9.29. The number of rotatable bonds is 4. The van der Waals surface area contributed by atoms with E-state index in [4.69, 9.17) is 0 Å². The molecule has 2 aliphatic heterocycles. The minimum Gasteiger partial charge on any atom is -0.459 e. The Morgan fingerprint density at radius 2 is 2.17 bits per heavy atom. The molecular weight excluding hydrogens is 403 g/mol. The average Bonchev–Trinajstić information content (AvgIpc) is 3.16. The number of hydrogen-bond donors (Lipinski definition) is 3. The third kappa shape index (κ3) is 3.88. The van der Waals surface area contributed by atoms with E-state index in [0.717, 1.165) is 21.6 Å². The second-order valence-electron chi connectivity index (χ2n) is 7.45. The van der Waals surface area contributed by atoms with Gasteiger partial charge < -0.3 is 15.7 Å². The summed E-state index contributed by atoms with van der Waals surface area (Å²) in [5.41, 5.74) is 3.59. The fourth-order valence-electron chi connectivity index (χ4n) is 3.81. The molecule has 0 bridgehead atoms. The van der Waals surface area contributed by atoms with E-state index < -0.39 is 18.1 Å². The smallest absolute Gasteiger partial charge is 0.459 e. The first kappa shape index (κ1) is 19.9. The minimum absolute atomic E-state index is 0.00212. The van der Waals surface area contributed by atoms with Crippen molar-refractivity contribution in [3.05, 3.63) is 52.7 Å². The van der Waals surface area contributed by atoms with Crippen LogP contribution >= 0.6 is 11.8 Å². The SMILES string of the molecule is Cc1cccc(C2=C(C(O)=[N+]3C[C@H]4C=C4[C@H]3CNC(=O)C(F)(F)F)NC(C)S2)c1. The average molecular weight is 424 g/mol. The van der Waals surface area contributed by atoms with Gasteiger partial charge in [-0.3, -0.25) is 4.79 Å². The summed E-state index contributed by atoms with van der Waals surface area (Å²) < 4.78 is 39.3. The van der Waals surface area contributed by atoms with Crippen LogP contribution in [0.2, 0.25) is 0 Å². The van der Waals surface area contributed by atoms with Gasteiger partial charge in [0.2, 0.25) is 0 Å². The number of aliphatic hydroxyl groups excluding tert-OH is 1. The molecule has 3 aliphatic rings. The van der Waals surface area contributed by atoms with Gasteiger partial charge in [-0.25, -0.2) is 0 Å². The quantitative estimate of drug-likeness (QED) is 0.395. The van der Waals surface area contributed by atoms with Crippen molar-refractivity contribution in [1.82, 2.24) is 10.6 Å².